The lowest BCUT2D eigenvalue weighted by Crippen LogP contribution is -1.96. The van der Waals surface area contributed by atoms with Crippen molar-refractivity contribution in [1.82, 2.24) is 19.5 Å². The lowest BCUT2D eigenvalue weighted by Gasteiger charge is -2.05. The van der Waals surface area contributed by atoms with E-state index in [1.807, 2.05) is 16.8 Å². The molecule has 0 fully saturated rings. The van der Waals surface area contributed by atoms with Gasteiger partial charge in [0.2, 0.25) is 5.88 Å². The molecule has 3 aromatic rings. The molecule has 0 aromatic carbocycles. The Morgan fingerprint density at radius 1 is 1.26 bits per heavy atom. The number of halogens is 2. The van der Waals surface area contributed by atoms with Crippen LogP contribution in [0.4, 0.5) is 0 Å². The van der Waals surface area contributed by atoms with Crippen LogP contribution in [0.15, 0.2) is 30.9 Å². The van der Waals surface area contributed by atoms with Gasteiger partial charge in [-0.3, -0.25) is 4.57 Å². The zero-order valence-electron chi connectivity index (χ0n) is 9.84. The number of aromatic nitrogens is 4. The third kappa shape index (κ3) is 2.14. The van der Waals surface area contributed by atoms with Gasteiger partial charge in [0.15, 0.2) is 5.65 Å². The Balaban J connectivity index is 2.22. The average Bonchev–Trinajstić information content (AvgIpc) is 2.78. The second kappa shape index (κ2) is 4.93. The van der Waals surface area contributed by atoms with E-state index in [1.165, 1.54) is 6.33 Å². The predicted molar refractivity (Wildman–Crippen MR) is 80.9 cm³/mol. The van der Waals surface area contributed by atoms with Gasteiger partial charge in [0.1, 0.15) is 11.5 Å². The molecule has 0 spiro atoms. The van der Waals surface area contributed by atoms with Gasteiger partial charge >= 0.3 is 0 Å². The van der Waals surface area contributed by atoms with Crippen LogP contribution in [-0.2, 0) is 0 Å². The van der Waals surface area contributed by atoms with E-state index in [2.05, 4.69) is 37.5 Å². The van der Waals surface area contributed by atoms with E-state index in [-0.39, 0.29) is 0 Å². The minimum atomic E-state index is 0.453. The number of hydrogen-bond donors (Lipinski definition) is 0. The number of ether oxygens (including phenoxy) is 1. The Bertz CT molecular complexity index is 741. The van der Waals surface area contributed by atoms with Crippen LogP contribution in [0.1, 0.15) is 0 Å². The maximum atomic E-state index is 6.11. The molecule has 0 N–H and O–H groups in total. The zero-order valence-corrected chi connectivity index (χ0v) is 12.8. The quantitative estimate of drug-likeness (QED) is 0.502. The third-order valence-corrected chi connectivity index (χ3v) is 3.80. The van der Waals surface area contributed by atoms with Crippen molar-refractivity contribution < 1.29 is 4.74 Å². The Hall–Kier alpha value is -1.41. The van der Waals surface area contributed by atoms with Gasteiger partial charge in [0, 0.05) is 15.8 Å². The van der Waals surface area contributed by atoms with E-state index in [0.717, 1.165) is 20.3 Å². The summed E-state index contributed by atoms with van der Waals surface area (Å²) < 4.78 is 7.97. The molecule has 0 bridgehead atoms. The summed E-state index contributed by atoms with van der Waals surface area (Å²) >= 11 is 8.32. The largest absolute Gasteiger partial charge is 0.481 e. The molecule has 0 radical (unpaired) electrons. The maximum absolute atomic E-state index is 6.11. The summed E-state index contributed by atoms with van der Waals surface area (Å²) in [4.78, 5) is 12.5. The first kappa shape index (κ1) is 12.6. The first-order chi connectivity index (χ1) is 9.20. The van der Waals surface area contributed by atoms with Gasteiger partial charge in [-0.2, -0.15) is 0 Å². The molecule has 0 amide bonds. The fourth-order valence-corrected chi connectivity index (χ4v) is 2.98. The van der Waals surface area contributed by atoms with Crippen LogP contribution in [0, 0.1) is 3.57 Å². The highest BCUT2D eigenvalue weighted by Crippen LogP contribution is 2.28. The van der Waals surface area contributed by atoms with Crippen LogP contribution in [0.5, 0.6) is 5.88 Å². The smallest absolute Gasteiger partial charge is 0.213 e. The summed E-state index contributed by atoms with van der Waals surface area (Å²) in [5.74, 6) is 0.572. The Labute approximate surface area is 127 Å². The van der Waals surface area contributed by atoms with Gasteiger partial charge < -0.3 is 4.74 Å². The molecule has 0 aliphatic heterocycles. The van der Waals surface area contributed by atoms with Crippen molar-refractivity contribution in [1.29, 1.82) is 0 Å². The zero-order chi connectivity index (χ0) is 13.4. The molecular formula is C12H8ClIN4O. The van der Waals surface area contributed by atoms with Gasteiger partial charge in [-0.05, 0) is 28.7 Å². The van der Waals surface area contributed by atoms with Gasteiger partial charge in [-0.15, -0.1) is 0 Å². The van der Waals surface area contributed by atoms with Crippen molar-refractivity contribution in [2.75, 3.05) is 7.11 Å². The molecular weight excluding hydrogens is 379 g/mol. The highest BCUT2D eigenvalue weighted by atomic mass is 127. The van der Waals surface area contributed by atoms with Gasteiger partial charge in [-0.25, -0.2) is 15.0 Å². The highest BCUT2D eigenvalue weighted by molar-refractivity contribution is 14.1. The van der Waals surface area contributed by atoms with Gasteiger partial charge in [0.25, 0.3) is 0 Å². The van der Waals surface area contributed by atoms with E-state index in [1.54, 1.807) is 19.4 Å². The van der Waals surface area contributed by atoms with Gasteiger partial charge in [-0.1, -0.05) is 11.6 Å². The molecule has 0 aliphatic rings. The summed E-state index contributed by atoms with van der Waals surface area (Å²) in [6.45, 7) is 0. The average molecular weight is 387 g/mol. The number of methoxy groups -OCH3 is 1. The van der Waals surface area contributed by atoms with Crippen molar-refractivity contribution in [3.05, 3.63) is 39.6 Å². The van der Waals surface area contributed by atoms with Crippen molar-refractivity contribution in [2.45, 2.75) is 0 Å². The third-order valence-electron chi connectivity index (χ3n) is 2.70. The molecule has 19 heavy (non-hydrogen) atoms. The summed E-state index contributed by atoms with van der Waals surface area (Å²) in [6.07, 6.45) is 5.13. The number of rotatable bonds is 2. The Morgan fingerprint density at radius 3 is 2.79 bits per heavy atom. The maximum Gasteiger partial charge on any atom is 0.213 e. The molecule has 0 atom stereocenters. The molecule has 3 heterocycles. The van der Waals surface area contributed by atoms with Crippen molar-refractivity contribution in [3.8, 4) is 11.6 Å². The van der Waals surface area contributed by atoms with Crippen molar-refractivity contribution in [3.63, 3.8) is 0 Å². The van der Waals surface area contributed by atoms with Crippen molar-refractivity contribution in [2.24, 2.45) is 0 Å². The fourth-order valence-electron chi connectivity index (χ4n) is 1.82. The number of fused-ring (bicyclic) bond motifs is 1. The van der Waals surface area contributed by atoms with E-state index >= 15 is 0 Å². The second-order valence-corrected chi connectivity index (χ2v) is 5.29. The second-order valence-electron chi connectivity index (χ2n) is 3.77. The van der Waals surface area contributed by atoms with Crippen molar-refractivity contribution >= 4 is 45.2 Å². The van der Waals surface area contributed by atoms with Crippen LogP contribution in [-0.4, -0.2) is 26.6 Å². The first-order valence-corrected chi connectivity index (χ1v) is 6.84. The molecule has 5 nitrogen and oxygen atoms in total. The Morgan fingerprint density at radius 2 is 2.11 bits per heavy atom. The molecule has 7 heteroatoms. The fraction of sp³-hybridized carbons (Fsp3) is 0.0833. The number of pyridine rings is 1. The number of hydrogen-bond acceptors (Lipinski definition) is 4. The summed E-state index contributed by atoms with van der Waals surface area (Å²) in [5.41, 5.74) is 1.65. The first-order valence-electron chi connectivity index (χ1n) is 5.38. The summed E-state index contributed by atoms with van der Waals surface area (Å²) in [7, 11) is 1.59. The normalized spacial score (nSPS) is 10.9. The van der Waals surface area contributed by atoms with Gasteiger partial charge in [0.05, 0.1) is 24.4 Å². The van der Waals surface area contributed by atoms with Crippen LogP contribution in [0.3, 0.4) is 0 Å². The van der Waals surface area contributed by atoms with E-state index in [0.29, 0.717) is 11.0 Å². The molecule has 0 saturated heterocycles. The summed E-state index contributed by atoms with van der Waals surface area (Å²) in [5, 5.41) is 1.30. The standard InChI is InChI=1S/C12H8ClIN4O/c1-19-9-3-2-7(4-15-9)18-5-8(14)10-11(13)16-6-17-12(10)18/h2-6H,1H3. The lowest BCUT2D eigenvalue weighted by molar-refractivity contribution is 0.398. The molecule has 3 rings (SSSR count). The molecule has 96 valence electrons. The summed E-state index contributed by atoms with van der Waals surface area (Å²) in [6, 6.07) is 3.72. The molecule has 3 aromatic heterocycles. The molecule has 0 saturated carbocycles. The van der Waals surface area contributed by atoms with E-state index in [4.69, 9.17) is 16.3 Å². The monoisotopic (exact) mass is 386 g/mol. The van der Waals surface area contributed by atoms with Crippen LogP contribution in [0.25, 0.3) is 16.7 Å². The minimum absolute atomic E-state index is 0.453. The SMILES string of the molecule is COc1ccc(-n2cc(I)c3c(Cl)ncnc32)cn1. The Kier molecular flexibility index (Phi) is 3.28. The predicted octanol–water partition coefficient (Wildman–Crippen LogP) is 3.08. The minimum Gasteiger partial charge on any atom is -0.481 e. The van der Waals surface area contributed by atoms with Crippen LogP contribution in [0.2, 0.25) is 5.15 Å². The van der Waals surface area contributed by atoms with E-state index in [9.17, 15) is 0 Å². The molecule has 0 aliphatic carbocycles. The molecule has 0 unspecified atom stereocenters. The van der Waals surface area contributed by atoms with Crippen LogP contribution < -0.4 is 4.74 Å². The highest BCUT2D eigenvalue weighted by Gasteiger charge is 2.13. The lowest BCUT2D eigenvalue weighted by atomic mass is 10.4. The van der Waals surface area contributed by atoms with Crippen LogP contribution >= 0.6 is 34.2 Å². The van der Waals surface area contributed by atoms with E-state index < -0.39 is 0 Å². The number of nitrogens with zero attached hydrogens (tertiary/aromatic N) is 4. The topological polar surface area (TPSA) is 52.8 Å².